The normalized spacial score (nSPS) is 10.8. The fourth-order valence-electron chi connectivity index (χ4n) is 1.20. The average Bonchev–Trinajstić information content (AvgIpc) is 2.19. The molecule has 0 saturated carbocycles. The first-order chi connectivity index (χ1) is 7.45. The molecule has 0 amide bonds. The molecule has 0 aromatic carbocycles. The highest BCUT2D eigenvalue weighted by atomic mass is 19.3. The Morgan fingerprint density at radius 3 is 2.56 bits per heavy atom. The van der Waals surface area contributed by atoms with E-state index in [1.165, 1.54) is 0 Å². The van der Waals surface area contributed by atoms with E-state index in [0.717, 1.165) is 0 Å². The molecule has 88 valence electrons. The van der Waals surface area contributed by atoms with Crippen LogP contribution in [0, 0.1) is 5.82 Å². The molecule has 0 unspecified atom stereocenters. The van der Waals surface area contributed by atoms with E-state index >= 15 is 0 Å². The van der Waals surface area contributed by atoms with Crippen molar-refractivity contribution in [1.29, 1.82) is 0 Å². The van der Waals surface area contributed by atoms with Crippen LogP contribution in [0.1, 0.15) is 23.4 Å². The van der Waals surface area contributed by atoms with Gasteiger partial charge in [0.1, 0.15) is 5.82 Å². The van der Waals surface area contributed by atoms with Gasteiger partial charge in [0.2, 0.25) is 0 Å². The average molecular weight is 234 g/mol. The molecule has 0 aliphatic heterocycles. The lowest BCUT2D eigenvalue weighted by atomic mass is 10.1. The maximum Gasteiger partial charge on any atom is 0.309 e. The lowest BCUT2D eigenvalue weighted by Gasteiger charge is -2.08. The van der Waals surface area contributed by atoms with Crippen LogP contribution in [0.15, 0.2) is 6.07 Å². The molecule has 0 radical (unpaired) electrons. The molecule has 1 heterocycles. The minimum atomic E-state index is -2.89. The molecule has 0 spiro atoms. The van der Waals surface area contributed by atoms with Gasteiger partial charge in [-0.25, -0.2) is 13.2 Å². The molecule has 4 nitrogen and oxygen atoms in total. The second-order valence-corrected chi connectivity index (χ2v) is 3.03. The molecule has 0 aliphatic rings. The monoisotopic (exact) mass is 234 g/mol. The Kier molecular flexibility index (Phi) is 3.83. The van der Waals surface area contributed by atoms with Crippen molar-refractivity contribution in [3.05, 3.63) is 28.8 Å². The van der Waals surface area contributed by atoms with Crippen LogP contribution in [0.5, 0.6) is 0 Å². The summed E-state index contributed by atoms with van der Waals surface area (Å²) in [5, 5.41) is 8.45. The Morgan fingerprint density at radius 1 is 1.50 bits per heavy atom. The van der Waals surface area contributed by atoms with Gasteiger partial charge in [0.25, 0.3) is 6.43 Å². The van der Waals surface area contributed by atoms with E-state index in [9.17, 15) is 18.0 Å². The summed E-state index contributed by atoms with van der Waals surface area (Å²) in [7, 11) is 0. The highest BCUT2D eigenvalue weighted by molar-refractivity contribution is 5.69. The molecule has 1 aromatic heterocycles. The molecule has 16 heavy (non-hydrogen) atoms. The Hall–Kier alpha value is -1.63. The summed E-state index contributed by atoms with van der Waals surface area (Å²) >= 11 is 0. The van der Waals surface area contributed by atoms with Gasteiger partial charge in [-0.05, 0) is 6.07 Å². The second-order valence-electron chi connectivity index (χ2n) is 3.03. The minimum absolute atomic E-state index is 0.187. The largest absolute Gasteiger partial charge is 0.481 e. The molecule has 1 aromatic rings. The number of hydrogen-bond donors (Lipinski definition) is 2. The van der Waals surface area contributed by atoms with Crippen LogP contribution < -0.4 is 5.73 Å². The maximum atomic E-state index is 13.2. The van der Waals surface area contributed by atoms with Gasteiger partial charge in [-0.1, -0.05) is 0 Å². The molecule has 0 bridgehead atoms. The first-order valence-electron chi connectivity index (χ1n) is 4.34. The van der Waals surface area contributed by atoms with Crippen molar-refractivity contribution in [2.75, 3.05) is 0 Å². The maximum absolute atomic E-state index is 13.2. The van der Waals surface area contributed by atoms with Crippen molar-refractivity contribution in [3.63, 3.8) is 0 Å². The Labute approximate surface area is 88.9 Å². The predicted octanol–water partition coefficient (Wildman–Crippen LogP) is 1.24. The number of hydrogen-bond acceptors (Lipinski definition) is 3. The van der Waals surface area contributed by atoms with E-state index in [0.29, 0.717) is 6.07 Å². The van der Waals surface area contributed by atoms with Crippen molar-refractivity contribution in [1.82, 2.24) is 4.98 Å². The molecule has 0 saturated heterocycles. The van der Waals surface area contributed by atoms with Gasteiger partial charge in [0.15, 0.2) is 0 Å². The predicted molar refractivity (Wildman–Crippen MR) is 48.4 cm³/mol. The quantitative estimate of drug-likeness (QED) is 0.821. The highest BCUT2D eigenvalue weighted by Gasteiger charge is 2.18. The van der Waals surface area contributed by atoms with E-state index in [-0.39, 0.29) is 12.2 Å². The third kappa shape index (κ3) is 2.69. The number of nitrogens with two attached hydrogens (primary N) is 1. The van der Waals surface area contributed by atoms with E-state index in [4.69, 9.17) is 10.8 Å². The van der Waals surface area contributed by atoms with E-state index < -0.39 is 35.9 Å². The van der Waals surface area contributed by atoms with Crippen molar-refractivity contribution in [2.24, 2.45) is 5.73 Å². The number of rotatable bonds is 4. The first-order valence-corrected chi connectivity index (χ1v) is 4.34. The van der Waals surface area contributed by atoms with Gasteiger partial charge in [0, 0.05) is 12.1 Å². The van der Waals surface area contributed by atoms with E-state index in [1.807, 2.05) is 0 Å². The van der Waals surface area contributed by atoms with Gasteiger partial charge in [-0.2, -0.15) is 0 Å². The van der Waals surface area contributed by atoms with Crippen LogP contribution >= 0.6 is 0 Å². The van der Waals surface area contributed by atoms with Crippen LogP contribution in [0.2, 0.25) is 0 Å². The van der Waals surface area contributed by atoms with E-state index in [1.54, 1.807) is 0 Å². The standard InChI is InChI=1S/C9H9F3N2O2/c10-5-1-4(9(11)12)7(3-13)14-6(5)2-8(15)16/h1,9H,2-3,13H2,(H,15,16). The fourth-order valence-corrected chi connectivity index (χ4v) is 1.20. The van der Waals surface area contributed by atoms with Crippen LogP contribution in [0.4, 0.5) is 13.2 Å². The van der Waals surface area contributed by atoms with Crippen LogP contribution in [-0.2, 0) is 17.8 Å². The van der Waals surface area contributed by atoms with E-state index in [2.05, 4.69) is 4.98 Å². The van der Waals surface area contributed by atoms with Gasteiger partial charge in [0.05, 0.1) is 17.8 Å². The smallest absolute Gasteiger partial charge is 0.309 e. The molecule has 1 rings (SSSR count). The van der Waals surface area contributed by atoms with Crippen molar-refractivity contribution >= 4 is 5.97 Å². The lowest BCUT2D eigenvalue weighted by molar-refractivity contribution is -0.136. The Balaban J connectivity index is 3.20. The molecular formula is C9H9F3N2O2. The summed E-state index contributed by atoms with van der Waals surface area (Å²) in [5.41, 5.74) is 3.99. The molecule has 0 atom stereocenters. The highest BCUT2D eigenvalue weighted by Crippen LogP contribution is 2.23. The van der Waals surface area contributed by atoms with Gasteiger partial charge >= 0.3 is 5.97 Å². The molecule has 0 fully saturated rings. The number of carboxylic acid groups (broad SMARTS) is 1. The topological polar surface area (TPSA) is 76.2 Å². The number of carboxylic acids is 1. The number of pyridine rings is 1. The number of halogens is 3. The minimum Gasteiger partial charge on any atom is -0.481 e. The summed E-state index contributed by atoms with van der Waals surface area (Å²) in [6, 6.07) is 0.581. The lowest BCUT2D eigenvalue weighted by Crippen LogP contribution is -2.12. The van der Waals surface area contributed by atoms with Crippen LogP contribution in [0.3, 0.4) is 0 Å². The molecule has 0 aliphatic carbocycles. The number of alkyl halides is 2. The zero-order chi connectivity index (χ0) is 12.3. The third-order valence-electron chi connectivity index (χ3n) is 1.91. The first kappa shape index (κ1) is 12.4. The van der Waals surface area contributed by atoms with Crippen molar-refractivity contribution < 1.29 is 23.1 Å². The Morgan fingerprint density at radius 2 is 2.12 bits per heavy atom. The molecule has 3 N–H and O–H groups in total. The van der Waals surface area contributed by atoms with Crippen LogP contribution in [0.25, 0.3) is 0 Å². The van der Waals surface area contributed by atoms with Gasteiger partial charge in [-0.3, -0.25) is 9.78 Å². The fraction of sp³-hybridized carbons (Fsp3) is 0.333. The van der Waals surface area contributed by atoms with Crippen molar-refractivity contribution in [3.8, 4) is 0 Å². The summed E-state index contributed by atoms with van der Waals surface area (Å²) in [4.78, 5) is 13.8. The molecular weight excluding hydrogens is 225 g/mol. The molecule has 7 heteroatoms. The number of aromatic nitrogens is 1. The number of carbonyl (C=O) groups is 1. The summed E-state index contributed by atoms with van der Waals surface area (Å²) < 4.78 is 38.0. The number of aliphatic carboxylic acids is 1. The summed E-state index contributed by atoms with van der Waals surface area (Å²) in [5.74, 6) is -2.35. The summed E-state index contributed by atoms with van der Waals surface area (Å²) in [6.07, 6.45) is -3.55. The SMILES string of the molecule is NCc1nc(CC(=O)O)c(F)cc1C(F)F. The Bertz CT molecular complexity index is 410. The van der Waals surface area contributed by atoms with Gasteiger partial charge < -0.3 is 10.8 Å². The second kappa shape index (κ2) is 4.93. The van der Waals surface area contributed by atoms with Crippen molar-refractivity contribution in [2.45, 2.75) is 19.4 Å². The van der Waals surface area contributed by atoms with Crippen LogP contribution in [-0.4, -0.2) is 16.1 Å². The van der Waals surface area contributed by atoms with Gasteiger partial charge in [-0.15, -0.1) is 0 Å². The summed E-state index contributed by atoms with van der Waals surface area (Å²) in [6.45, 7) is -0.299. The zero-order valence-electron chi connectivity index (χ0n) is 8.08. The zero-order valence-corrected chi connectivity index (χ0v) is 8.08. The third-order valence-corrected chi connectivity index (χ3v) is 1.91. The number of nitrogens with zero attached hydrogens (tertiary/aromatic N) is 1.